The van der Waals surface area contributed by atoms with Gasteiger partial charge in [-0.05, 0) is 31.1 Å². The highest BCUT2D eigenvalue weighted by Crippen LogP contribution is 2.38. The average molecular weight is 303 g/mol. The smallest absolute Gasteiger partial charge is 0.222 e. The Bertz CT molecular complexity index is 471. The van der Waals surface area contributed by atoms with Crippen molar-refractivity contribution in [3.63, 3.8) is 0 Å². The van der Waals surface area contributed by atoms with Crippen molar-refractivity contribution in [2.24, 2.45) is 22.1 Å². The number of carbonyl (C=O) groups excluding carboxylic acids is 1. The van der Waals surface area contributed by atoms with Crippen LogP contribution < -0.4 is 0 Å². The normalized spacial score (nSPS) is 26.9. The SMILES string of the molecule is C#CCCC1(CCC(=O)N2CCC(C3CCOCC3)C2)N=N1. The van der Waals surface area contributed by atoms with Crippen LogP contribution in [0.1, 0.15) is 44.9 Å². The minimum Gasteiger partial charge on any atom is -0.381 e. The van der Waals surface area contributed by atoms with Gasteiger partial charge in [-0.2, -0.15) is 10.2 Å². The number of amides is 1. The molecular weight excluding hydrogens is 278 g/mol. The van der Waals surface area contributed by atoms with E-state index in [-0.39, 0.29) is 11.6 Å². The molecule has 0 aromatic heterocycles. The summed E-state index contributed by atoms with van der Waals surface area (Å²) in [6.07, 6.45) is 11.4. The Labute approximate surface area is 132 Å². The number of terminal acetylenes is 1. The lowest BCUT2D eigenvalue weighted by molar-refractivity contribution is -0.130. The van der Waals surface area contributed by atoms with Gasteiger partial charge in [-0.3, -0.25) is 4.79 Å². The van der Waals surface area contributed by atoms with Gasteiger partial charge < -0.3 is 9.64 Å². The molecule has 120 valence electrons. The summed E-state index contributed by atoms with van der Waals surface area (Å²) in [7, 11) is 0. The highest BCUT2D eigenvalue weighted by Gasteiger charge is 2.40. The fraction of sp³-hybridized carbons (Fsp3) is 0.824. The molecule has 0 saturated carbocycles. The second-order valence-electron chi connectivity index (χ2n) is 6.72. The first-order valence-corrected chi connectivity index (χ1v) is 8.45. The first-order valence-electron chi connectivity index (χ1n) is 8.45. The lowest BCUT2D eigenvalue weighted by atomic mass is 9.85. The number of hydrogen-bond donors (Lipinski definition) is 0. The van der Waals surface area contributed by atoms with Crippen molar-refractivity contribution >= 4 is 5.91 Å². The summed E-state index contributed by atoms with van der Waals surface area (Å²) in [6.45, 7) is 3.60. The Morgan fingerprint density at radius 2 is 2.00 bits per heavy atom. The van der Waals surface area contributed by atoms with Crippen molar-refractivity contribution in [2.45, 2.75) is 50.6 Å². The van der Waals surface area contributed by atoms with Crippen molar-refractivity contribution < 1.29 is 9.53 Å². The summed E-state index contributed by atoms with van der Waals surface area (Å²) >= 11 is 0. The van der Waals surface area contributed by atoms with E-state index in [1.165, 1.54) is 0 Å². The monoisotopic (exact) mass is 303 g/mol. The molecule has 1 amide bonds. The van der Waals surface area contributed by atoms with E-state index in [4.69, 9.17) is 11.2 Å². The summed E-state index contributed by atoms with van der Waals surface area (Å²) in [6, 6.07) is 0. The molecule has 0 bridgehead atoms. The van der Waals surface area contributed by atoms with Crippen LogP contribution in [0.3, 0.4) is 0 Å². The maximum atomic E-state index is 12.4. The molecule has 3 aliphatic heterocycles. The van der Waals surface area contributed by atoms with E-state index in [9.17, 15) is 4.79 Å². The van der Waals surface area contributed by atoms with Crippen molar-refractivity contribution in [1.29, 1.82) is 0 Å². The lowest BCUT2D eigenvalue weighted by Gasteiger charge is -2.27. The van der Waals surface area contributed by atoms with Crippen LogP contribution in [0, 0.1) is 24.2 Å². The molecule has 0 aliphatic carbocycles. The van der Waals surface area contributed by atoms with Crippen LogP contribution in [-0.2, 0) is 9.53 Å². The van der Waals surface area contributed by atoms with Gasteiger partial charge in [0, 0.05) is 52.0 Å². The summed E-state index contributed by atoms with van der Waals surface area (Å²) in [5.41, 5.74) is -0.331. The van der Waals surface area contributed by atoms with Crippen molar-refractivity contribution in [3.05, 3.63) is 0 Å². The van der Waals surface area contributed by atoms with Gasteiger partial charge in [-0.25, -0.2) is 0 Å². The van der Waals surface area contributed by atoms with Crippen molar-refractivity contribution in [3.8, 4) is 12.3 Å². The number of likely N-dealkylation sites (tertiary alicyclic amines) is 1. The molecular formula is C17H25N3O2. The third kappa shape index (κ3) is 3.67. The van der Waals surface area contributed by atoms with Gasteiger partial charge in [0.05, 0.1) is 0 Å². The third-order valence-electron chi connectivity index (χ3n) is 5.30. The first-order chi connectivity index (χ1) is 10.7. The first kappa shape index (κ1) is 15.5. The molecule has 3 aliphatic rings. The summed E-state index contributed by atoms with van der Waals surface area (Å²) in [5.74, 6) is 4.28. The molecule has 22 heavy (non-hydrogen) atoms. The van der Waals surface area contributed by atoms with Crippen LogP contribution in [0.5, 0.6) is 0 Å². The Hall–Kier alpha value is -1.41. The van der Waals surface area contributed by atoms with Gasteiger partial charge in [0.2, 0.25) is 5.91 Å². The maximum absolute atomic E-state index is 12.4. The van der Waals surface area contributed by atoms with Gasteiger partial charge in [-0.15, -0.1) is 12.3 Å². The predicted octanol–water partition coefficient (Wildman–Crippen LogP) is 2.62. The highest BCUT2D eigenvalue weighted by molar-refractivity contribution is 5.76. The number of nitrogens with zero attached hydrogens (tertiary/aromatic N) is 3. The van der Waals surface area contributed by atoms with E-state index in [0.29, 0.717) is 25.2 Å². The summed E-state index contributed by atoms with van der Waals surface area (Å²) in [5, 5.41) is 8.21. The Morgan fingerprint density at radius 3 is 2.68 bits per heavy atom. The molecule has 0 aromatic carbocycles. The molecule has 0 aromatic rings. The van der Waals surface area contributed by atoms with E-state index in [1.54, 1.807) is 0 Å². The quantitative estimate of drug-likeness (QED) is 0.708. The fourth-order valence-corrected chi connectivity index (χ4v) is 3.72. The largest absolute Gasteiger partial charge is 0.381 e. The van der Waals surface area contributed by atoms with Gasteiger partial charge in [0.1, 0.15) is 0 Å². The minimum atomic E-state index is -0.331. The average Bonchev–Trinajstić information content (AvgIpc) is 3.16. The molecule has 1 atom stereocenters. The van der Waals surface area contributed by atoms with Crippen molar-refractivity contribution in [1.82, 2.24) is 4.90 Å². The number of rotatable bonds is 6. The minimum absolute atomic E-state index is 0.256. The number of hydrogen-bond acceptors (Lipinski definition) is 4. The second-order valence-corrected chi connectivity index (χ2v) is 6.72. The molecule has 3 rings (SSSR count). The lowest BCUT2D eigenvalue weighted by Crippen LogP contribution is -2.31. The molecule has 3 heterocycles. The molecule has 1 unspecified atom stereocenters. The topological polar surface area (TPSA) is 54.3 Å². The van der Waals surface area contributed by atoms with Crippen LogP contribution in [0.4, 0.5) is 0 Å². The Kier molecular flexibility index (Phi) is 4.77. The van der Waals surface area contributed by atoms with Crippen LogP contribution in [0.25, 0.3) is 0 Å². The van der Waals surface area contributed by atoms with E-state index in [1.807, 2.05) is 4.90 Å². The molecule has 5 heteroatoms. The molecule has 2 saturated heterocycles. The third-order valence-corrected chi connectivity index (χ3v) is 5.30. The van der Waals surface area contributed by atoms with E-state index < -0.39 is 0 Å². The van der Waals surface area contributed by atoms with Gasteiger partial charge in [0.15, 0.2) is 5.66 Å². The Balaban J connectivity index is 1.41. The fourth-order valence-electron chi connectivity index (χ4n) is 3.72. The maximum Gasteiger partial charge on any atom is 0.222 e. The van der Waals surface area contributed by atoms with Crippen molar-refractivity contribution in [2.75, 3.05) is 26.3 Å². The molecule has 2 fully saturated rings. The zero-order valence-electron chi connectivity index (χ0n) is 13.2. The Morgan fingerprint density at radius 1 is 1.23 bits per heavy atom. The summed E-state index contributed by atoms with van der Waals surface area (Å²) < 4.78 is 5.43. The van der Waals surface area contributed by atoms with Crippen LogP contribution in [-0.4, -0.2) is 42.8 Å². The standard InChI is InChI=1S/C17H25N3O2/c1-2-3-8-17(18-19-17)9-4-16(21)20-10-5-15(13-20)14-6-11-22-12-7-14/h1,14-15H,3-13H2. The van der Waals surface area contributed by atoms with Gasteiger partial charge in [0.25, 0.3) is 0 Å². The second kappa shape index (κ2) is 6.78. The van der Waals surface area contributed by atoms with Crippen LogP contribution >= 0.6 is 0 Å². The zero-order valence-corrected chi connectivity index (χ0v) is 13.2. The van der Waals surface area contributed by atoms with E-state index >= 15 is 0 Å². The molecule has 0 N–H and O–H groups in total. The van der Waals surface area contributed by atoms with Gasteiger partial charge in [-0.1, -0.05) is 0 Å². The van der Waals surface area contributed by atoms with Crippen LogP contribution in [0.2, 0.25) is 0 Å². The van der Waals surface area contributed by atoms with E-state index in [0.717, 1.165) is 57.9 Å². The number of ether oxygens (including phenoxy) is 1. The molecule has 0 radical (unpaired) electrons. The molecule has 0 spiro atoms. The summed E-state index contributed by atoms with van der Waals surface area (Å²) in [4.78, 5) is 14.4. The number of carbonyl (C=O) groups is 1. The predicted molar refractivity (Wildman–Crippen MR) is 83.1 cm³/mol. The zero-order chi connectivity index (χ0) is 15.4. The molecule has 5 nitrogen and oxygen atoms in total. The van der Waals surface area contributed by atoms with E-state index in [2.05, 4.69) is 16.1 Å². The van der Waals surface area contributed by atoms with Crippen LogP contribution in [0.15, 0.2) is 10.2 Å². The van der Waals surface area contributed by atoms with Gasteiger partial charge >= 0.3 is 0 Å². The highest BCUT2D eigenvalue weighted by atomic mass is 16.5.